The summed E-state index contributed by atoms with van der Waals surface area (Å²) in [6.07, 6.45) is 0. The topological polar surface area (TPSA) is 55.1 Å². The summed E-state index contributed by atoms with van der Waals surface area (Å²) in [5, 5.41) is 2.77. The lowest BCUT2D eigenvalue weighted by Crippen LogP contribution is -2.24. The number of nitrogens with one attached hydrogen (secondary N) is 1. The molecule has 104 valence electrons. The SMILES string of the molecule is NCc1ccccc1CNC(=O)c1cc(F)ccc1Br. The fraction of sp³-hybridized carbons (Fsp3) is 0.133. The van der Waals surface area contributed by atoms with Crippen LogP contribution in [0.3, 0.4) is 0 Å². The third-order valence-corrected chi connectivity index (χ3v) is 3.64. The Morgan fingerprint density at radius 2 is 1.90 bits per heavy atom. The molecule has 5 heteroatoms. The van der Waals surface area contributed by atoms with Crippen LogP contribution in [0.15, 0.2) is 46.9 Å². The van der Waals surface area contributed by atoms with Gasteiger partial charge in [-0.2, -0.15) is 0 Å². The zero-order valence-electron chi connectivity index (χ0n) is 10.7. The summed E-state index contributed by atoms with van der Waals surface area (Å²) in [7, 11) is 0. The van der Waals surface area contributed by atoms with E-state index in [2.05, 4.69) is 21.2 Å². The van der Waals surface area contributed by atoms with Crippen molar-refractivity contribution >= 4 is 21.8 Å². The molecule has 0 aliphatic carbocycles. The summed E-state index contributed by atoms with van der Waals surface area (Å²) in [5.41, 5.74) is 7.85. The zero-order chi connectivity index (χ0) is 14.5. The number of hydrogen-bond acceptors (Lipinski definition) is 2. The van der Waals surface area contributed by atoms with Crippen molar-refractivity contribution in [3.8, 4) is 0 Å². The van der Waals surface area contributed by atoms with E-state index in [1.54, 1.807) is 0 Å². The van der Waals surface area contributed by atoms with Gasteiger partial charge in [0.2, 0.25) is 0 Å². The monoisotopic (exact) mass is 336 g/mol. The summed E-state index contributed by atoms with van der Waals surface area (Å²) < 4.78 is 13.7. The largest absolute Gasteiger partial charge is 0.348 e. The van der Waals surface area contributed by atoms with Gasteiger partial charge in [0.25, 0.3) is 5.91 Å². The second-order valence-corrected chi connectivity index (χ2v) is 5.13. The van der Waals surface area contributed by atoms with Crippen LogP contribution < -0.4 is 11.1 Å². The molecular formula is C15H14BrFN2O. The zero-order valence-corrected chi connectivity index (χ0v) is 12.3. The van der Waals surface area contributed by atoms with Gasteiger partial charge in [-0.15, -0.1) is 0 Å². The Hall–Kier alpha value is -1.72. The maximum absolute atomic E-state index is 13.2. The summed E-state index contributed by atoms with van der Waals surface area (Å²) in [4.78, 5) is 12.1. The van der Waals surface area contributed by atoms with E-state index in [-0.39, 0.29) is 11.5 Å². The highest BCUT2D eigenvalue weighted by molar-refractivity contribution is 9.10. The average molecular weight is 337 g/mol. The van der Waals surface area contributed by atoms with Crippen molar-refractivity contribution in [2.75, 3.05) is 0 Å². The Kier molecular flexibility index (Phi) is 4.87. The van der Waals surface area contributed by atoms with Crippen LogP contribution in [0.25, 0.3) is 0 Å². The van der Waals surface area contributed by atoms with E-state index < -0.39 is 5.82 Å². The highest BCUT2D eigenvalue weighted by Crippen LogP contribution is 2.18. The molecule has 0 atom stereocenters. The third kappa shape index (κ3) is 3.43. The number of carbonyl (C=O) groups is 1. The van der Waals surface area contributed by atoms with Gasteiger partial charge < -0.3 is 11.1 Å². The lowest BCUT2D eigenvalue weighted by Gasteiger charge is -2.10. The first kappa shape index (κ1) is 14.7. The van der Waals surface area contributed by atoms with Gasteiger partial charge in [0.05, 0.1) is 5.56 Å². The van der Waals surface area contributed by atoms with Gasteiger partial charge >= 0.3 is 0 Å². The van der Waals surface area contributed by atoms with E-state index in [1.165, 1.54) is 18.2 Å². The maximum Gasteiger partial charge on any atom is 0.252 e. The normalized spacial score (nSPS) is 10.3. The first-order valence-corrected chi connectivity index (χ1v) is 6.91. The average Bonchev–Trinajstić information content (AvgIpc) is 2.47. The van der Waals surface area contributed by atoms with E-state index in [9.17, 15) is 9.18 Å². The second-order valence-electron chi connectivity index (χ2n) is 4.28. The second kappa shape index (κ2) is 6.63. The van der Waals surface area contributed by atoms with Crippen molar-refractivity contribution < 1.29 is 9.18 Å². The molecule has 0 unspecified atom stereocenters. The number of carbonyl (C=O) groups excluding carboxylic acids is 1. The maximum atomic E-state index is 13.2. The number of halogens is 2. The quantitative estimate of drug-likeness (QED) is 0.901. The van der Waals surface area contributed by atoms with Crippen LogP contribution in [0.4, 0.5) is 4.39 Å². The van der Waals surface area contributed by atoms with Crippen LogP contribution in [0.1, 0.15) is 21.5 Å². The van der Waals surface area contributed by atoms with Gasteiger partial charge in [0, 0.05) is 17.6 Å². The molecule has 0 aliphatic rings. The molecule has 1 amide bonds. The van der Waals surface area contributed by atoms with E-state index in [4.69, 9.17) is 5.73 Å². The fourth-order valence-electron chi connectivity index (χ4n) is 1.87. The summed E-state index contributed by atoms with van der Waals surface area (Å²) in [6, 6.07) is 11.6. The lowest BCUT2D eigenvalue weighted by atomic mass is 10.1. The molecular weight excluding hydrogens is 323 g/mol. The Balaban J connectivity index is 2.11. The molecule has 0 saturated carbocycles. The molecule has 2 aromatic carbocycles. The van der Waals surface area contributed by atoms with E-state index >= 15 is 0 Å². The van der Waals surface area contributed by atoms with Gasteiger partial charge in [-0.1, -0.05) is 24.3 Å². The van der Waals surface area contributed by atoms with Gasteiger partial charge in [-0.3, -0.25) is 4.79 Å². The molecule has 3 nitrogen and oxygen atoms in total. The highest BCUT2D eigenvalue weighted by Gasteiger charge is 2.11. The van der Waals surface area contributed by atoms with Crippen LogP contribution in [0.2, 0.25) is 0 Å². The van der Waals surface area contributed by atoms with Crippen molar-refractivity contribution in [3.63, 3.8) is 0 Å². The Labute approximate surface area is 125 Å². The van der Waals surface area contributed by atoms with Gasteiger partial charge in [-0.05, 0) is 45.3 Å². The standard InChI is InChI=1S/C15H14BrFN2O/c16-14-6-5-12(17)7-13(14)15(20)19-9-11-4-2-1-3-10(11)8-18/h1-7H,8-9,18H2,(H,19,20). The molecule has 2 aromatic rings. The number of benzene rings is 2. The number of hydrogen-bond donors (Lipinski definition) is 2. The minimum atomic E-state index is -0.444. The Bertz CT molecular complexity index is 631. The molecule has 20 heavy (non-hydrogen) atoms. The van der Waals surface area contributed by atoms with Gasteiger partial charge in [-0.25, -0.2) is 4.39 Å². The molecule has 0 bridgehead atoms. The molecule has 3 N–H and O–H groups in total. The molecule has 0 aromatic heterocycles. The molecule has 0 saturated heterocycles. The molecule has 2 rings (SSSR count). The summed E-state index contributed by atoms with van der Waals surface area (Å²) in [5.74, 6) is -0.774. The predicted octanol–water partition coefficient (Wildman–Crippen LogP) is 2.98. The Morgan fingerprint density at radius 3 is 2.60 bits per heavy atom. The number of rotatable bonds is 4. The first-order chi connectivity index (χ1) is 9.61. The minimum Gasteiger partial charge on any atom is -0.348 e. The van der Waals surface area contributed by atoms with Crippen LogP contribution in [0.5, 0.6) is 0 Å². The third-order valence-electron chi connectivity index (χ3n) is 2.95. The van der Waals surface area contributed by atoms with Crippen molar-refractivity contribution in [2.45, 2.75) is 13.1 Å². The predicted molar refractivity (Wildman–Crippen MR) is 79.6 cm³/mol. The summed E-state index contributed by atoms with van der Waals surface area (Å²) >= 11 is 3.24. The summed E-state index contributed by atoms with van der Waals surface area (Å²) in [6.45, 7) is 0.769. The first-order valence-electron chi connectivity index (χ1n) is 6.12. The van der Waals surface area contributed by atoms with Crippen molar-refractivity contribution in [2.24, 2.45) is 5.73 Å². The van der Waals surface area contributed by atoms with Gasteiger partial charge in [0.1, 0.15) is 5.82 Å². The molecule has 0 radical (unpaired) electrons. The molecule has 0 aliphatic heterocycles. The van der Waals surface area contributed by atoms with Crippen molar-refractivity contribution in [1.29, 1.82) is 0 Å². The van der Waals surface area contributed by atoms with Crippen molar-refractivity contribution in [3.05, 3.63) is 69.4 Å². The minimum absolute atomic E-state index is 0.273. The van der Waals surface area contributed by atoms with Gasteiger partial charge in [0.15, 0.2) is 0 Å². The van der Waals surface area contributed by atoms with E-state index in [0.29, 0.717) is 17.6 Å². The van der Waals surface area contributed by atoms with Crippen LogP contribution in [-0.4, -0.2) is 5.91 Å². The lowest BCUT2D eigenvalue weighted by molar-refractivity contribution is 0.0949. The molecule has 0 spiro atoms. The van der Waals surface area contributed by atoms with Crippen LogP contribution >= 0.6 is 15.9 Å². The fourth-order valence-corrected chi connectivity index (χ4v) is 2.30. The smallest absolute Gasteiger partial charge is 0.252 e. The highest BCUT2D eigenvalue weighted by atomic mass is 79.9. The number of amides is 1. The van der Waals surface area contributed by atoms with Crippen LogP contribution in [0, 0.1) is 5.82 Å². The molecule has 0 heterocycles. The molecule has 0 fully saturated rings. The van der Waals surface area contributed by atoms with Crippen molar-refractivity contribution in [1.82, 2.24) is 5.32 Å². The van der Waals surface area contributed by atoms with E-state index in [1.807, 2.05) is 24.3 Å². The van der Waals surface area contributed by atoms with Crippen LogP contribution in [-0.2, 0) is 13.1 Å². The van der Waals surface area contributed by atoms with E-state index in [0.717, 1.165) is 11.1 Å². The number of nitrogens with two attached hydrogens (primary N) is 1. The Morgan fingerprint density at radius 1 is 1.20 bits per heavy atom.